The molecule has 0 bridgehead atoms. The number of amides is 1. The summed E-state index contributed by atoms with van der Waals surface area (Å²) in [6, 6.07) is 9.49. The minimum absolute atomic E-state index is 0.180. The fourth-order valence-electron chi connectivity index (χ4n) is 1.61. The van der Waals surface area contributed by atoms with E-state index in [9.17, 15) is 4.79 Å². The number of hydrogen-bond donors (Lipinski definition) is 1. The summed E-state index contributed by atoms with van der Waals surface area (Å²) in [4.78, 5) is 13.1. The fraction of sp³-hybridized carbons (Fsp3) is 0.231. The number of aromatic nitrogens is 2. The van der Waals surface area contributed by atoms with Crippen molar-refractivity contribution in [2.24, 2.45) is 7.05 Å². The van der Waals surface area contributed by atoms with E-state index in [4.69, 9.17) is 0 Å². The molecule has 1 aromatic carbocycles. The highest BCUT2D eigenvalue weighted by molar-refractivity contribution is 7.98. The number of para-hydroxylation sites is 1. The highest BCUT2D eigenvalue weighted by Gasteiger charge is 2.12. The smallest absolute Gasteiger partial charge is 0.276 e. The molecule has 2 rings (SSSR count). The van der Waals surface area contributed by atoms with Gasteiger partial charge in [0.05, 0.1) is 5.69 Å². The summed E-state index contributed by atoms with van der Waals surface area (Å²) in [5.74, 6) is -0.180. The maximum absolute atomic E-state index is 12.1. The highest BCUT2D eigenvalue weighted by Crippen LogP contribution is 2.24. The zero-order valence-corrected chi connectivity index (χ0v) is 11.4. The molecule has 1 N–H and O–H groups in total. The van der Waals surface area contributed by atoms with E-state index in [0.717, 1.165) is 16.3 Å². The van der Waals surface area contributed by atoms with Crippen molar-refractivity contribution >= 4 is 23.4 Å². The van der Waals surface area contributed by atoms with Crippen molar-refractivity contribution in [2.45, 2.75) is 11.8 Å². The van der Waals surface area contributed by atoms with Crippen LogP contribution in [0.2, 0.25) is 0 Å². The molecular weight excluding hydrogens is 246 g/mol. The first kappa shape index (κ1) is 12.7. The van der Waals surface area contributed by atoms with Gasteiger partial charge in [-0.05, 0) is 31.4 Å². The first-order valence-corrected chi connectivity index (χ1v) is 6.79. The Balaban J connectivity index is 2.21. The van der Waals surface area contributed by atoms with Crippen LogP contribution in [0.3, 0.4) is 0 Å². The van der Waals surface area contributed by atoms with Gasteiger partial charge in [-0.15, -0.1) is 11.8 Å². The predicted molar refractivity (Wildman–Crippen MR) is 74.1 cm³/mol. The zero-order chi connectivity index (χ0) is 13.1. The fourth-order valence-corrected chi connectivity index (χ4v) is 2.16. The lowest BCUT2D eigenvalue weighted by atomic mass is 10.3. The Hall–Kier alpha value is -1.75. The number of carbonyl (C=O) groups is 1. The van der Waals surface area contributed by atoms with Gasteiger partial charge in [-0.2, -0.15) is 5.10 Å². The molecule has 0 aliphatic carbocycles. The van der Waals surface area contributed by atoms with Crippen molar-refractivity contribution in [3.63, 3.8) is 0 Å². The molecule has 2 aromatic rings. The van der Waals surface area contributed by atoms with E-state index in [0.29, 0.717) is 5.69 Å². The van der Waals surface area contributed by atoms with Crippen molar-refractivity contribution < 1.29 is 4.79 Å². The monoisotopic (exact) mass is 261 g/mol. The minimum atomic E-state index is -0.180. The molecule has 0 radical (unpaired) electrons. The van der Waals surface area contributed by atoms with Gasteiger partial charge in [0.25, 0.3) is 5.91 Å². The lowest BCUT2D eigenvalue weighted by molar-refractivity contribution is 0.102. The van der Waals surface area contributed by atoms with E-state index in [2.05, 4.69) is 10.4 Å². The van der Waals surface area contributed by atoms with Crippen LogP contribution < -0.4 is 5.32 Å². The van der Waals surface area contributed by atoms with Crippen LogP contribution in [-0.4, -0.2) is 21.9 Å². The van der Waals surface area contributed by atoms with Crippen molar-refractivity contribution in [1.82, 2.24) is 9.78 Å². The molecular formula is C13H15N3OS. The Kier molecular flexibility index (Phi) is 3.72. The molecule has 18 heavy (non-hydrogen) atoms. The SMILES string of the molecule is CSc1ccccc1NC(=O)c1cc(C)n(C)n1. The molecule has 0 unspecified atom stereocenters. The third-order valence-corrected chi connectivity index (χ3v) is 3.50. The molecule has 0 saturated carbocycles. The molecule has 1 aromatic heterocycles. The van der Waals surface area contributed by atoms with Crippen molar-refractivity contribution in [3.8, 4) is 0 Å². The number of thioether (sulfide) groups is 1. The quantitative estimate of drug-likeness (QED) is 0.864. The average Bonchev–Trinajstić information content (AvgIpc) is 2.70. The number of hydrogen-bond acceptors (Lipinski definition) is 3. The summed E-state index contributed by atoms with van der Waals surface area (Å²) >= 11 is 1.60. The average molecular weight is 261 g/mol. The Morgan fingerprint density at radius 2 is 2.11 bits per heavy atom. The maximum Gasteiger partial charge on any atom is 0.276 e. The van der Waals surface area contributed by atoms with Crippen LogP contribution in [0.5, 0.6) is 0 Å². The second-order valence-electron chi connectivity index (χ2n) is 3.95. The standard InChI is InChI=1S/C13H15N3OS/c1-9-8-11(15-16(9)2)13(17)14-10-6-4-5-7-12(10)18-3/h4-8H,1-3H3,(H,14,17). The first-order valence-electron chi connectivity index (χ1n) is 5.57. The van der Waals surface area contributed by atoms with Crippen LogP contribution in [0.25, 0.3) is 0 Å². The zero-order valence-electron chi connectivity index (χ0n) is 10.6. The largest absolute Gasteiger partial charge is 0.320 e. The second kappa shape index (κ2) is 5.27. The lowest BCUT2D eigenvalue weighted by Gasteiger charge is -2.07. The second-order valence-corrected chi connectivity index (χ2v) is 4.80. The number of aryl methyl sites for hydroxylation is 2. The molecule has 0 saturated heterocycles. The topological polar surface area (TPSA) is 46.9 Å². The van der Waals surface area contributed by atoms with E-state index in [1.54, 1.807) is 22.5 Å². The Bertz CT molecular complexity index is 558. The molecule has 94 valence electrons. The number of anilines is 1. The van der Waals surface area contributed by atoms with Gasteiger partial charge in [0.1, 0.15) is 0 Å². The molecule has 0 spiro atoms. The molecule has 0 aliphatic rings. The van der Waals surface area contributed by atoms with E-state index >= 15 is 0 Å². The predicted octanol–water partition coefficient (Wildman–Crippen LogP) is 2.70. The number of nitrogens with one attached hydrogen (secondary N) is 1. The summed E-state index contributed by atoms with van der Waals surface area (Å²) in [5.41, 5.74) is 2.21. The van der Waals surface area contributed by atoms with Gasteiger partial charge in [-0.3, -0.25) is 9.48 Å². The van der Waals surface area contributed by atoms with Gasteiger partial charge in [-0.25, -0.2) is 0 Å². The van der Waals surface area contributed by atoms with Gasteiger partial charge in [0, 0.05) is 17.6 Å². The molecule has 1 heterocycles. The Morgan fingerprint density at radius 3 is 2.72 bits per heavy atom. The van der Waals surface area contributed by atoms with Gasteiger partial charge < -0.3 is 5.32 Å². The summed E-state index contributed by atoms with van der Waals surface area (Å²) in [6.45, 7) is 1.92. The number of carbonyl (C=O) groups excluding carboxylic acids is 1. The summed E-state index contributed by atoms with van der Waals surface area (Å²) in [6.07, 6.45) is 1.98. The third-order valence-electron chi connectivity index (χ3n) is 2.70. The Labute approximate surface area is 110 Å². The van der Waals surface area contributed by atoms with E-state index < -0.39 is 0 Å². The van der Waals surface area contributed by atoms with Gasteiger partial charge in [-0.1, -0.05) is 12.1 Å². The van der Waals surface area contributed by atoms with E-state index in [1.165, 1.54) is 0 Å². The third kappa shape index (κ3) is 2.56. The van der Waals surface area contributed by atoms with Crippen LogP contribution in [0.1, 0.15) is 16.2 Å². The lowest BCUT2D eigenvalue weighted by Crippen LogP contribution is -2.13. The van der Waals surface area contributed by atoms with Crippen LogP contribution in [0, 0.1) is 6.92 Å². The molecule has 0 fully saturated rings. The van der Waals surface area contributed by atoms with Crippen LogP contribution >= 0.6 is 11.8 Å². The molecule has 0 atom stereocenters. The van der Waals surface area contributed by atoms with Crippen LogP contribution in [0.15, 0.2) is 35.2 Å². The van der Waals surface area contributed by atoms with E-state index in [1.807, 2.05) is 44.5 Å². The summed E-state index contributed by atoms with van der Waals surface area (Å²) < 4.78 is 1.69. The number of nitrogens with zero attached hydrogens (tertiary/aromatic N) is 2. The number of benzene rings is 1. The maximum atomic E-state index is 12.1. The molecule has 0 aliphatic heterocycles. The Morgan fingerprint density at radius 1 is 1.39 bits per heavy atom. The summed E-state index contributed by atoms with van der Waals surface area (Å²) in [5, 5.41) is 7.04. The van der Waals surface area contributed by atoms with Gasteiger partial charge in [0.2, 0.25) is 0 Å². The van der Waals surface area contributed by atoms with Crippen molar-refractivity contribution in [1.29, 1.82) is 0 Å². The minimum Gasteiger partial charge on any atom is -0.320 e. The molecule has 5 heteroatoms. The normalized spacial score (nSPS) is 10.4. The summed E-state index contributed by atoms with van der Waals surface area (Å²) in [7, 11) is 1.82. The van der Waals surface area contributed by atoms with E-state index in [-0.39, 0.29) is 5.91 Å². The molecule has 4 nitrogen and oxygen atoms in total. The van der Waals surface area contributed by atoms with Crippen molar-refractivity contribution in [3.05, 3.63) is 41.7 Å². The number of rotatable bonds is 3. The first-order chi connectivity index (χ1) is 8.61. The van der Waals surface area contributed by atoms with Crippen molar-refractivity contribution in [2.75, 3.05) is 11.6 Å². The van der Waals surface area contributed by atoms with Gasteiger partial charge >= 0.3 is 0 Å². The van der Waals surface area contributed by atoms with Crippen LogP contribution in [-0.2, 0) is 7.05 Å². The van der Waals surface area contributed by atoms with Crippen LogP contribution in [0.4, 0.5) is 5.69 Å². The van der Waals surface area contributed by atoms with Gasteiger partial charge in [0.15, 0.2) is 5.69 Å². The molecule has 1 amide bonds. The highest BCUT2D eigenvalue weighted by atomic mass is 32.2.